The van der Waals surface area contributed by atoms with E-state index in [1.165, 1.54) is 0 Å². The molecule has 1 fully saturated rings. The molecule has 0 aromatic heterocycles. The fourth-order valence-corrected chi connectivity index (χ4v) is 1.14. The highest BCUT2D eigenvalue weighted by Crippen LogP contribution is 2.20. The van der Waals surface area contributed by atoms with Gasteiger partial charge in [0.25, 0.3) is 5.78 Å². The molecule has 1 unspecified atom stereocenters. The lowest BCUT2D eigenvalue weighted by atomic mass is 9.98. The second-order valence-corrected chi connectivity index (χ2v) is 3.14. The first-order valence-electron chi connectivity index (χ1n) is 3.97. The number of rotatable bonds is 3. The summed E-state index contributed by atoms with van der Waals surface area (Å²) < 4.78 is 29.6. The summed E-state index contributed by atoms with van der Waals surface area (Å²) in [5.74, 6) is -6.84. The quantitative estimate of drug-likeness (QED) is 0.621. The molecule has 0 aromatic carbocycles. The van der Waals surface area contributed by atoms with Crippen molar-refractivity contribution in [2.45, 2.75) is 19.3 Å². The van der Waals surface area contributed by atoms with Crippen LogP contribution in [0.15, 0.2) is 0 Å². The van der Waals surface area contributed by atoms with Crippen molar-refractivity contribution in [3.05, 3.63) is 0 Å². The van der Waals surface area contributed by atoms with Crippen LogP contribution in [-0.2, 0) is 14.3 Å². The summed E-state index contributed by atoms with van der Waals surface area (Å²) in [5.41, 5.74) is 0. The molecule has 0 aliphatic carbocycles. The molecule has 0 bridgehead atoms. The van der Waals surface area contributed by atoms with Crippen LogP contribution in [0.3, 0.4) is 0 Å². The molecule has 1 saturated heterocycles. The molecule has 0 amide bonds. The van der Waals surface area contributed by atoms with Crippen LogP contribution in [0.4, 0.5) is 8.78 Å². The standard InChI is InChI=1S/C8H10F2O3/c1-8(9,10)7(12)6(11)5-2-3-13-4-5/h5H,2-4H2,1H3. The summed E-state index contributed by atoms with van der Waals surface area (Å²) in [6, 6.07) is 0. The first-order valence-corrected chi connectivity index (χ1v) is 3.97. The van der Waals surface area contributed by atoms with E-state index in [-0.39, 0.29) is 6.61 Å². The van der Waals surface area contributed by atoms with Crippen LogP contribution >= 0.6 is 0 Å². The summed E-state index contributed by atoms with van der Waals surface area (Å²) in [4.78, 5) is 21.9. The molecule has 1 heterocycles. The van der Waals surface area contributed by atoms with Gasteiger partial charge in [-0.1, -0.05) is 0 Å². The van der Waals surface area contributed by atoms with E-state index in [0.717, 1.165) is 0 Å². The van der Waals surface area contributed by atoms with E-state index in [0.29, 0.717) is 20.0 Å². The largest absolute Gasteiger partial charge is 0.381 e. The highest BCUT2D eigenvalue weighted by molar-refractivity contribution is 6.40. The maximum Gasteiger partial charge on any atom is 0.310 e. The molecule has 5 heteroatoms. The van der Waals surface area contributed by atoms with Crippen LogP contribution in [0.5, 0.6) is 0 Å². The molecule has 0 N–H and O–H groups in total. The van der Waals surface area contributed by atoms with Crippen LogP contribution in [0.25, 0.3) is 0 Å². The van der Waals surface area contributed by atoms with Crippen LogP contribution < -0.4 is 0 Å². The smallest absolute Gasteiger partial charge is 0.310 e. The summed E-state index contributed by atoms with van der Waals surface area (Å²) in [5, 5.41) is 0. The third kappa shape index (κ3) is 2.30. The normalized spacial score (nSPS) is 23.2. The molecule has 74 valence electrons. The van der Waals surface area contributed by atoms with Gasteiger partial charge in [0.05, 0.1) is 12.5 Å². The Morgan fingerprint density at radius 3 is 2.46 bits per heavy atom. The zero-order chi connectivity index (χ0) is 10.1. The predicted octanol–water partition coefficient (Wildman–Crippen LogP) is 0.816. The van der Waals surface area contributed by atoms with Gasteiger partial charge in [-0.25, -0.2) is 0 Å². The molecular weight excluding hydrogens is 182 g/mol. The molecule has 1 aliphatic rings. The minimum Gasteiger partial charge on any atom is -0.381 e. The summed E-state index contributed by atoms with van der Waals surface area (Å²) >= 11 is 0. The zero-order valence-electron chi connectivity index (χ0n) is 7.18. The Bertz CT molecular complexity index is 226. The van der Waals surface area contributed by atoms with Crippen molar-refractivity contribution in [3.63, 3.8) is 0 Å². The van der Waals surface area contributed by atoms with Gasteiger partial charge in [-0.05, 0) is 6.42 Å². The van der Waals surface area contributed by atoms with Crippen molar-refractivity contribution in [1.29, 1.82) is 0 Å². The first-order chi connectivity index (χ1) is 5.93. The molecule has 1 aliphatic heterocycles. The van der Waals surface area contributed by atoms with Gasteiger partial charge in [0.1, 0.15) is 0 Å². The number of hydrogen-bond acceptors (Lipinski definition) is 3. The lowest BCUT2D eigenvalue weighted by Crippen LogP contribution is -2.36. The highest BCUT2D eigenvalue weighted by Gasteiger charge is 2.41. The van der Waals surface area contributed by atoms with Gasteiger partial charge in [-0.3, -0.25) is 9.59 Å². The molecule has 13 heavy (non-hydrogen) atoms. The maximum absolute atomic E-state index is 12.4. The van der Waals surface area contributed by atoms with Gasteiger partial charge in [0, 0.05) is 13.5 Å². The van der Waals surface area contributed by atoms with Gasteiger partial charge in [0.15, 0.2) is 0 Å². The maximum atomic E-state index is 12.4. The number of ketones is 2. The van der Waals surface area contributed by atoms with Crippen molar-refractivity contribution in [2.24, 2.45) is 5.92 Å². The lowest BCUT2D eigenvalue weighted by Gasteiger charge is -2.10. The monoisotopic (exact) mass is 192 g/mol. The molecule has 0 spiro atoms. The average molecular weight is 192 g/mol. The molecule has 1 rings (SSSR count). The molecule has 1 atom stereocenters. The number of Topliss-reactive ketones (excluding diaryl/α,β-unsaturated/α-hetero) is 2. The Morgan fingerprint density at radius 2 is 2.08 bits per heavy atom. The Hall–Kier alpha value is -0.840. The topological polar surface area (TPSA) is 43.4 Å². The molecule has 0 aromatic rings. The minimum absolute atomic E-state index is 0.0840. The molecule has 3 nitrogen and oxygen atoms in total. The Balaban J connectivity index is 2.62. The number of halogens is 2. The van der Waals surface area contributed by atoms with E-state index in [4.69, 9.17) is 4.74 Å². The van der Waals surface area contributed by atoms with E-state index in [1.54, 1.807) is 0 Å². The Kier molecular flexibility index (Phi) is 2.75. The number of carbonyl (C=O) groups is 2. The Morgan fingerprint density at radius 1 is 1.46 bits per heavy atom. The van der Waals surface area contributed by atoms with Gasteiger partial charge in [0.2, 0.25) is 5.78 Å². The van der Waals surface area contributed by atoms with E-state index < -0.39 is 23.4 Å². The average Bonchev–Trinajstić information content (AvgIpc) is 2.51. The lowest BCUT2D eigenvalue weighted by molar-refractivity contribution is -0.152. The zero-order valence-corrected chi connectivity index (χ0v) is 7.18. The van der Waals surface area contributed by atoms with E-state index in [2.05, 4.69) is 0 Å². The van der Waals surface area contributed by atoms with E-state index >= 15 is 0 Å². The third-order valence-corrected chi connectivity index (χ3v) is 1.92. The van der Waals surface area contributed by atoms with Crippen molar-refractivity contribution in [2.75, 3.05) is 13.2 Å². The third-order valence-electron chi connectivity index (χ3n) is 1.92. The van der Waals surface area contributed by atoms with Crippen molar-refractivity contribution in [1.82, 2.24) is 0 Å². The summed E-state index contributed by atoms with van der Waals surface area (Å²) in [6.07, 6.45) is 0.362. The van der Waals surface area contributed by atoms with Crippen LogP contribution in [0.2, 0.25) is 0 Å². The van der Waals surface area contributed by atoms with Gasteiger partial charge in [-0.15, -0.1) is 0 Å². The highest BCUT2D eigenvalue weighted by atomic mass is 19.3. The van der Waals surface area contributed by atoms with E-state index in [9.17, 15) is 18.4 Å². The number of ether oxygens (including phenoxy) is 1. The summed E-state index contributed by atoms with van der Waals surface area (Å²) in [7, 11) is 0. The first kappa shape index (κ1) is 10.2. The SMILES string of the molecule is CC(F)(F)C(=O)C(=O)C1CCOC1. The fourth-order valence-electron chi connectivity index (χ4n) is 1.14. The molecular formula is C8H10F2O3. The molecule has 0 saturated carbocycles. The number of carbonyl (C=O) groups excluding carboxylic acids is 2. The van der Waals surface area contributed by atoms with Gasteiger partial charge >= 0.3 is 5.92 Å². The van der Waals surface area contributed by atoms with Crippen molar-refractivity contribution >= 4 is 11.6 Å². The summed E-state index contributed by atoms with van der Waals surface area (Å²) in [6.45, 7) is 0.878. The molecule has 0 radical (unpaired) electrons. The second-order valence-electron chi connectivity index (χ2n) is 3.14. The van der Waals surface area contributed by atoms with Crippen molar-refractivity contribution in [3.8, 4) is 0 Å². The second kappa shape index (κ2) is 3.49. The van der Waals surface area contributed by atoms with Gasteiger partial charge < -0.3 is 4.74 Å². The van der Waals surface area contributed by atoms with Crippen LogP contribution in [-0.4, -0.2) is 30.7 Å². The number of alkyl halides is 2. The van der Waals surface area contributed by atoms with Crippen molar-refractivity contribution < 1.29 is 23.1 Å². The van der Waals surface area contributed by atoms with Crippen LogP contribution in [0, 0.1) is 5.92 Å². The van der Waals surface area contributed by atoms with Crippen LogP contribution in [0.1, 0.15) is 13.3 Å². The minimum atomic E-state index is -3.56. The Labute approximate surface area is 74.1 Å². The predicted molar refractivity (Wildman–Crippen MR) is 39.6 cm³/mol. The fraction of sp³-hybridized carbons (Fsp3) is 0.750. The van der Waals surface area contributed by atoms with Gasteiger partial charge in [-0.2, -0.15) is 8.78 Å². The number of hydrogen-bond donors (Lipinski definition) is 0. The van der Waals surface area contributed by atoms with E-state index in [1.807, 2.05) is 0 Å².